The van der Waals surface area contributed by atoms with Crippen molar-refractivity contribution in [2.45, 2.75) is 46.1 Å². The summed E-state index contributed by atoms with van der Waals surface area (Å²) in [5.74, 6) is -0.426. The molecule has 2 atom stereocenters. The van der Waals surface area contributed by atoms with Crippen LogP contribution >= 0.6 is 0 Å². The van der Waals surface area contributed by atoms with Crippen molar-refractivity contribution >= 4 is 11.8 Å². The molecule has 1 aliphatic rings. The SMILES string of the molecule is CCC(C)(C#N)C(=O)NC(C)C(=O)N1CCCC1. The Kier molecular flexibility index (Phi) is 4.71. The van der Waals surface area contributed by atoms with Crippen molar-refractivity contribution in [2.24, 2.45) is 5.41 Å². The number of nitrogens with one attached hydrogen (secondary N) is 1. The van der Waals surface area contributed by atoms with Crippen molar-refractivity contribution in [3.63, 3.8) is 0 Å². The van der Waals surface area contributed by atoms with E-state index >= 15 is 0 Å². The number of hydrogen-bond acceptors (Lipinski definition) is 3. The van der Waals surface area contributed by atoms with E-state index in [0.29, 0.717) is 6.42 Å². The molecule has 0 bridgehead atoms. The molecule has 1 fully saturated rings. The first-order valence-corrected chi connectivity index (χ1v) is 6.45. The molecule has 0 aliphatic carbocycles. The zero-order chi connectivity index (χ0) is 13.8. The van der Waals surface area contributed by atoms with Crippen LogP contribution in [0.5, 0.6) is 0 Å². The minimum Gasteiger partial charge on any atom is -0.343 e. The van der Waals surface area contributed by atoms with E-state index in [1.807, 2.05) is 6.07 Å². The molecule has 0 saturated carbocycles. The number of rotatable bonds is 4. The molecule has 2 unspecified atom stereocenters. The highest BCUT2D eigenvalue weighted by molar-refractivity contribution is 5.91. The highest BCUT2D eigenvalue weighted by atomic mass is 16.2. The normalized spacial score (nSPS) is 19.8. The van der Waals surface area contributed by atoms with Crippen LogP contribution in [-0.2, 0) is 9.59 Å². The van der Waals surface area contributed by atoms with Crippen molar-refractivity contribution in [1.29, 1.82) is 5.26 Å². The average Bonchev–Trinajstić information content (AvgIpc) is 2.90. The van der Waals surface area contributed by atoms with E-state index in [1.165, 1.54) is 0 Å². The average molecular weight is 251 g/mol. The van der Waals surface area contributed by atoms with Gasteiger partial charge in [-0.1, -0.05) is 6.92 Å². The van der Waals surface area contributed by atoms with Crippen LogP contribution in [0.15, 0.2) is 0 Å². The molecule has 2 amide bonds. The van der Waals surface area contributed by atoms with E-state index < -0.39 is 11.5 Å². The van der Waals surface area contributed by atoms with Crippen LogP contribution in [0.2, 0.25) is 0 Å². The van der Waals surface area contributed by atoms with E-state index in [0.717, 1.165) is 25.9 Å². The lowest BCUT2D eigenvalue weighted by atomic mass is 9.88. The maximum absolute atomic E-state index is 12.0. The standard InChI is InChI=1S/C13H21N3O2/c1-4-13(3,9-14)12(18)15-10(2)11(17)16-7-5-6-8-16/h10H,4-8H2,1-3H3,(H,15,18). The number of carbonyl (C=O) groups excluding carboxylic acids is 2. The van der Waals surface area contributed by atoms with Gasteiger partial charge in [0.25, 0.3) is 0 Å². The fourth-order valence-electron chi connectivity index (χ4n) is 1.92. The summed E-state index contributed by atoms with van der Waals surface area (Å²) in [7, 11) is 0. The van der Waals surface area contributed by atoms with Gasteiger partial charge in [0.15, 0.2) is 0 Å². The Morgan fingerprint density at radius 2 is 2.00 bits per heavy atom. The highest BCUT2D eigenvalue weighted by Gasteiger charge is 2.34. The van der Waals surface area contributed by atoms with Gasteiger partial charge in [0.2, 0.25) is 11.8 Å². The van der Waals surface area contributed by atoms with Gasteiger partial charge >= 0.3 is 0 Å². The zero-order valence-electron chi connectivity index (χ0n) is 11.3. The van der Waals surface area contributed by atoms with Crippen LogP contribution in [0.1, 0.15) is 40.0 Å². The lowest BCUT2D eigenvalue weighted by Gasteiger charge is -2.24. The highest BCUT2D eigenvalue weighted by Crippen LogP contribution is 2.20. The van der Waals surface area contributed by atoms with E-state index in [9.17, 15) is 9.59 Å². The van der Waals surface area contributed by atoms with Gasteiger partial charge in [-0.05, 0) is 33.1 Å². The summed E-state index contributed by atoms with van der Waals surface area (Å²) in [6.07, 6.45) is 2.48. The first-order chi connectivity index (χ1) is 8.44. The third kappa shape index (κ3) is 3.00. The third-order valence-electron chi connectivity index (χ3n) is 3.59. The number of likely N-dealkylation sites (tertiary alicyclic amines) is 1. The molecule has 1 N–H and O–H groups in total. The summed E-state index contributed by atoms with van der Waals surface area (Å²) in [6.45, 7) is 6.59. The molecule has 1 saturated heterocycles. The number of carbonyl (C=O) groups is 2. The lowest BCUT2D eigenvalue weighted by molar-refractivity contribution is -0.137. The van der Waals surface area contributed by atoms with Gasteiger partial charge in [-0.3, -0.25) is 9.59 Å². The van der Waals surface area contributed by atoms with Crippen LogP contribution in [0.4, 0.5) is 0 Å². The molecule has 1 aliphatic heterocycles. The predicted molar refractivity (Wildman–Crippen MR) is 67.4 cm³/mol. The molecular formula is C13H21N3O2. The third-order valence-corrected chi connectivity index (χ3v) is 3.59. The molecule has 5 heteroatoms. The van der Waals surface area contributed by atoms with Gasteiger partial charge in [-0.2, -0.15) is 5.26 Å². The maximum atomic E-state index is 12.0. The second-order valence-electron chi connectivity index (χ2n) is 5.03. The minimum atomic E-state index is -1.06. The Hall–Kier alpha value is -1.57. The summed E-state index contributed by atoms with van der Waals surface area (Å²) in [5, 5.41) is 11.7. The molecule has 0 aromatic rings. The summed E-state index contributed by atoms with van der Waals surface area (Å²) in [6, 6.07) is 1.44. The first-order valence-electron chi connectivity index (χ1n) is 6.45. The smallest absolute Gasteiger partial charge is 0.244 e. The van der Waals surface area contributed by atoms with E-state index in [2.05, 4.69) is 5.32 Å². The molecule has 100 valence electrons. The number of amides is 2. The fourth-order valence-corrected chi connectivity index (χ4v) is 1.92. The van der Waals surface area contributed by atoms with Crippen LogP contribution in [0, 0.1) is 16.7 Å². The molecule has 1 heterocycles. The Balaban J connectivity index is 2.59. The molecule has 0 spiro atoms. The van der Waals surface area contributed by atoms with Crippen LogP contribution in [0.3, 0.4) is 0 Å². The molecule has 1 rings (SSSR count). The minimum absolute atomic E-state index is 0.0581. The molecule has 18 heavy (non-hydrogen) atoms. The topological polar surface area (TPSA) is 73.2 Å². The summed E-state index contributed by atoms with van der Waals surface area (Å²) < 4.78 is 0. The largest absolute Gasteiger partial charge is 0.343 e. The van der Waals surface area contributed by atoms with E-state index in [1.54, 1.807) is 25.7 Å². The Bertz CT molecular complexity index is 369. The van der Waals surface area contributed by atoms with Gasteiger partial charge in [-0.25, -0.2) is 0 Å². The summed E-state index contributed by atoms with van der Waals surface area (Å²) >= 11 is 0. The molecule has 0 aromatic carbocycles. The monoisotopic (exact) mass is 251 g/mol. The predicted octanol–water partition coefficient (Wildman–Crippen LogP) is 1.05. The zero-order valence-corrected chi connectivity index (χ0v) is 11.3. The lowest BCUT2D eigenvalue weighted by Crippen LogP contribution is -2.49. The van der Waals surface area contributed by atoms with Crippen LogP contribution < -0.4 is 5.32 Å². The Labute approximate surface area is 108 Å². The van der Waals surface area contributed by atoms with E-state index in [-0.39, 0.29) is 11.8 Å². The van der Waals surface area contributed by atoms with Gasteiger partial charge in [0.05, 0.1) is 6.07 Å². The Morgan fingerprint density at radius 3 is 2.44 bits per heavy atom. The van der Waals surface area contributed by atoms with Crippen molar-refractivity contribution in [1.82, 2.24) is 10.2 Å². The second-order valence-corrected chi connectivity index (χ2v) is 5.03. The fraction of sp³-hybridized carbons (Fsp3) is 0.769. The van der Waals surface area contributed by atoms with Gasteiger partial charge in [-0.15, -0.1) is 0 Å². The van der Waals surface area contributed by atoms with E-state index in [4.69, 9.17) is 5.26 Å². The molecule has 5 nitrogen and oxygen atoms in total. The second kappa shape index (κ2) is 5.85. The quantitative estimate of drug-likeness (QED) is 0.811. The van der Waals surface area contributed by atoms with Gasteiger partial charge in [0.1, 0.15) is 11.5 Å². The maximum Gasteiger partial charge on any atom is 0.244 e. The van der Waals surface area contributed by atoms with Crippen LogP contribution in [-0.4, -0.2) is 35.8 Å². The molecule has 0 radical (unpaired) electrons. The van der Waals surface area contributed by atoms with Crippen molar-refractivity contribution < 1.29 is 9.59 Å². The summed E-state index contributed by atoms with van der Waals surface area (Å²) in [4.78, 5) is 25.7. The number of hydrogen-bond donors (Lipinski definition) is 1. The van der Waals surface area contributed by atoms with Gasteiger partial charge < -0.3 is 10.2 Å². The van der Waals surface area contributed by atoms with Crippen molar-refractivity contribution in [3.05, 3.63) is 0 Å². The Morgan fingerprint density at radius 1 is 1.44 bits per heavy atom. The molecule has 0 aromatic heterocycles. The van der Waals surface area contributed by atoms with Crippen molar-refractivity contribution in [2.75, 3.05) is 13.1 Å². The van der Waals surface area contributed by atoms with Gasteiger partial charge in [0, 0.05) is 13.1 Å². The number of nitrogens with zero attached hydrogens (tertiary/aromatic N) is 2. The summed E-state index contributed by atoms with van der Waals surface area (Å²) in [5.41, 5.74) is -1.06. The molecular weight excluding hydrogens is 230 g/mol. The van der Waals surface area contributed by atoms with Crippen molar-refractivity contribution in [3.8, 4) is 6.07 Å². The first kappa shape index (κ1) is 14.5. The van der Waals surface area contributed by atoms with Crippen LogP contribution in [0.25, 0.3) is 0 Å². The number of nitriles is 1.